The molecule has 31 heteroatoms. The van der Waals surface area contributed by atoms with Crippen LogP contribution in [0.25, 0.3) is 0 Å². The quantitative estimate of drug-likeness (QED) is 0.101. The molecule has 102 heavy (non-hydrogen) atoms. The van der Waals surface area contributed by atoms with Crippen LogP contribution in [-0.2, 0) is 76.9 Å². The van der Waals surface area contributed by atoms with Crippen LogP contribution in [0.15, 0.2) is 79.0 Å². The molecule has 6 fully saturated rings. The Morgan fingerprint density at radius 3 is 1.23 bits per heavy atom. The van der Waals surface area contributed by atoms with E-state index in [0.29, 0.717) is 130 Å². The number of alkyl halides is 9. The Labute approximate surface area is 599 Å². The van der Waals surface area contributed by atoms with Crippen LogP contribution < -0.4 is 10.6 Å². The third kappa shape index (κ3) is 18.1. The molecule has 9 heterocycles. The summed E-state index contributed by atoms with van der Waals surface area (Å²) in [6, 6.07) is 17.8. The summed E-state index contributed by atoms with van der Waals surface area (Å²) in [6.45, 7) is 18.2. The van der Waals surface area contributed by atoms with Gasteiger partial charge in [0.25, 0.3) is 11.8 Å². The van der Waals surface area contributed by atoms with Gasteiger partial charge in [-0.25, -0.2) is 9.59 Å². The normalized spacial score (nSPS) is 23.4. The van der Waals surface area contributed by atoms with Gasteiger partial charge < -0.3 is 29.9 Å². The maximum atomic E-state index is 13.5. The first-order chi connectivity index (χ1) is 46.7. The van der Waals surface area contributed by atoms with Crippen molar-refractivity contribution in [3.05, 3.63) is 158 Å². The van der Waals surface area contributed by atoms with E-state index in [9.17, 15) is 58.7 Å². The maximum absolute atomic E-state index is 13.5. The number of benzene rings is 3. The number of amides is 4. The smallest absolute Gasteiger partial charge is 0.416 e. The van der Waals surface area contributed by atoms with Gasteiger partial charge in [-0.3, -0.25) is 34.7 Å². The van der Waals surface area contributed by atoms with E-state index in [2.05, 4.69) is 41.2 Å². The number of carbonyl (C=O) groups excluding carboxylic acids is 6. The van der Waals surface area contributed by atoms with E-state index < -0.39 is 52.5 Å². The summed E-state index contributed by atoms with van der Waals surface area (Å²) < 4.78 is 130. The molecule has 3 saturated carbocycles. The molecule has 9 atom stereocenters. The van der Waals surface area contributed by atoms with Crippen molar-refractivity contribution in [1.82, 2.24) is 60.8 Å². The van der Waals surface area contributed by atoms with Gasteiger partial charge in [-0.1, -0.05) is 62.0 Å². The molecule has 0 spiro atoms. The molecular formula is C71H89Cl2F9N12O8. The SMILES string of the molecule is C.CC(C)(C)OC(=O)N1Cc2[nH]nc(C(=O)N3C[C@H]4CC(c5ccccc5C(F)(F)F)C[C@H]4C3)c2C1.CC(C)(C)OC(=O)N1Cc2cn[nH]c2C1.Cl.Cl.FC(F)(F)c1ccccc1C1C[C@H]2CNC[C@H]2C1.O=C(c1n[nH]c2c1CNC2)N1C[C@H]2CC(c3ccccc3C(F)(F)F)C[C@H]2C1.O=C=O.[HH]. The predicted octanol–water partition coefficient (Wildman–Crippen LogP) is 14.5. The van der Waals surface area contributed by atoms with E-state index >= 15 is 0 Å². The fraction of sp³-hybridized carbons (Fsp3) is 0.549. The summed E-state index contributed by atoms with van der Waals surface area (Å²) in [5.41, 5.74) is 4.89. The number of aromatic amines is 3. The molecule has 6 aliphatic heterocycles. The van der Waals surface area contributed by atoms with Gasteiger partial charge in [0.05, 0.1) is 66.1 Å². The minimum absolute atomic E-state index is 0. The molecule has 3 saturated heterocycles. The molecular weight excluding hydrogens is 1390 g/mol. The first-order valence-electron chi connectivity index (χ1n) is 33.3. The lowest BCUT2D eigenvalue weighted by atomic mass is 9.91. The fourth-order valence-corrected chi connectivity index (χ4v) is 16.0. The van der Waals surface area contributed by atoms with Crippen LogP contribution in [0.1, 0.15) is 195 Å². The Balaban J connectivity index is 0.000000196. The van der Waals surface area contributed by atoms with Crippen molar-refractivity contribution in [2.24, 2.45) is 35.5 Å². The average Bonchev–Trinajstić information content (AvgIpc) is 1.64. The Morgan fingerprint density at radius 1 is 0.471 bits per heavy atom. The van der Waals surface area contributed by atoms with Gasteiger partial charge in [0.2, 0.25) is 0 Å². The first-order valence-corrected chi connectivity index (χ1v) is 33.3. The molecule has 6 aromatic rings. The number of hydrogen-bond acceptors (Lipinski definition) is 13. The Hall–Kier alpha value is -7.98. The third-order valence-corrected chi connectivity index (χ3v) is 20.3. The van der Waals surface area contributed by atoms with Crippen molar-refractivity contribution in [3.8, 4) is 0 Å². The summed E-state index contributed by atoms with van der Waals surface area (Å²) in [5, 5.41) is 27.5. The summed E-state index contributed by atoms with van der Waals surface area (Å²) >= 11 is 0. The lowest BCUT2D eigenvalue weighted by Gasteiger charge is -2.24. The number of carbonyl (C=O) groups is 4. The summed E-state index contributed by atoms with van der Waals surface area (Å²) in [6.07, 6.45) is -7.20. The van der Waals surface area contributed by atoms with Crippen molar-refractivity contribution in [2.75, 3.05) is 39.3 Å². The number of aromatic nitrogens is 6. The van der Waals surface area contributed by atoms with E-state index in [4.69, 9.17) is 19.1 Å². The van der Waals surface area contributed by atoms with Crippen LogP contribution in [0, 0.1) is 35.5 Å². The second kappa shape index (κ2) is 31.9. The lowest BCUT2D eigenvalue weighted by molar-refractivity contribution is -0.191. The third-order valence-electron chi connectivity index (χ3n) is 20.3. The zero-order valence-corrected chi connectivity index (χ0v) is 58.2. The lowest BCUT2D eigenvalue weighted by Crippen LogP contribution is -2.34. The van der Waals surface area contributed by atoms with Crippen LogP contribution in [-0.4, -0.2) is 131 Å². The number of hydrogen-bond donors (Lipinski definition) is 5. The van der Waals surface area contributed by atoms with E-state index in [0.717, 1.165) is 60.2 Å². The van der Waals surface area contributed by atoms with Gasteiger partial charge in [0, 0.05) is 57.4 Å². The van der Waals surface area contributed by atoms with Crippen LogP contribution in [0.2, 0.25) is 0 Å². The van der Waals surface area contributed by atoms with E-state index in [1.165, 1.54) is 35.2 Å². The second-order valence-corrected chi connectivity index (χ2v) is 29.2. The van der Waals surface area contributed by atoms with E-state index in [-0.39, 0.29) is 106 Å². The average molecular weight is 1480 g/mol. The second-order valence-electron chi connectivity index (χ2n) is 29.2. The molecule has 20 nitrogen and oxygen atoms in total. The molecule has 0 bridgehead atoms. The first kappa shape index (κ1) is 79.7. The van der Waals surface area contributed by atoms with Gasteiger partial charge in [-0.15, -0.1) is 24.8 Å². The molecule has 3 aromatic heterocycles. The fourth-order valence-electron chi connectivity index (χ4n) is 16.0. The minimum Gasteiger partial charge on any atom is -0.444 e. The maximum Gasteiger partial charge on any atom is 0.416 e. The zero-order chi connectivity index (χ0) is 71.1. The molecule has 9 aliphatic rings. The summed E-state index contributed by atoms with van der Waals surface area (Å²) in [5.74, 6) is 1.53. The minimum atomic E-state index is -4.37. The molecule has 4 amide bonds. The topological polar surface area (TPSA) is 244 Å². The van der Waals surface area contributed by atoms with Crippen molar-refractivity contribution < 1.29 is 79.2 Å². The van der Waals surface area contributed by atoms with Crippen molar-refractivity contribution in [3.63, 3.8) is 0 Å². The predicted molar refractivity (Wildman–Crippen MR) is 361 cm³/mol. The summed E-state index contributed by atoms with van der Waals surface area (Å²) in [7, 11) is 0. The molecule has 0 radical (unpaired) electrons. The van der Waals surface area contributed by atoms with Gasteiger partial charge >= 0.3 is 36.9 Å². The number of fused-ring (bicyclic) bond motifs is 6. The molecule has 15 rings (SSSR count). The van der Waals surface area contributed by atoms with Crippen molar-refractivity contribution >= 4 is 55.0 Å². The highest BCUT2D eigenvalue weighted by Crippen LogP contribution is 2.52. The number of ether oxygens (including phenoxy) is 2. The van der Waals surface area contributed by atoms with Crippen LogP contribution in [0.4, 0.5) is 49.1 Å². The Morgan fingerprint density at radius 2 is 0.833 bits per heavy atom. The Bertz CT molecular complexity index is 3900. The van der Waals surface area contributed by atoms with Crippen molar-refractivity contribution in [2.45, 2.75) is 174 Å². The highest BCUT2D eigenvalue weighted by molar-refractivity contribution is 5.95. The number of halogens is 11. The molecule has 5 N–H and O–H groups in total. The number of rotatable bonds is 5. The van der Waals surface area contributed by atoms with Gasteiger partial charge in [-0.05, 0) is 181 Å². The summed E-state index contributed by atoms with van der Waals surface area (Å²) in [4.78, 5) is 73.4. The largest absolute Gasteiger partial charge is 0.444 e. The molecule has 3 aliphatic carbocycles. The van der Waals surface area contributed by atoms with Gasteiger partial charge in [-0.2, -0.15) is 64.4 Å². The van der Waals surface area contributed by atoms with Crippen LogP contribution in [0.3, 0.4) is 0 Å². The van der Waals surface area contributed by atoms with Gasteiger partial charge in [0.15, 0.2) is 11.4 Å². The number of nitrogens with zero attached hydrogens (tertiary/aromatic N) is 7. The zero-order valence-electron chi connectivity index (χ0n) is 56.5. The highest BCUT2D eigenvalue weighted by atomic mass is 35.5. The highest BCUT2D eigenvalue weighted by Gasteiger charge is 2.49. The molecule has 3 aromatic carbocycles. The number of likely N-dealkylation sites (tertiary alicyclic amines) is 2. The van der Waals surface area contributed by atoms with Crippen molar-refractivity contribution in [1.29, 1.82) is 0 Å². The number of H-pyrrole nitrogens is 3. The Kier molecular flexibility index (Phi) is 25.0. The molecule has 3 unspecified atom stereocenters. The van der Waals surface area contributed by atoms with E-state index in [1.54, 1.807) is 73.2 Å². The standard InChI is InChI=1S/C25H29F3N4O3.C20H21F3N4O.C14H16F3N.C10H15N3O2.CO2.CH4.2ClH.H2/c1-24(2,3)35-23(34)32-12-18-20(13-32)29-30-21(18)22(33)31-10-15-8-14(9-16(15)11-31)17-6-4-5-7-19(17)25(26,27)28;21-20(22,23)16-4-2-1-3-14(16)11-5-12-9-27(10-13(12)6-11)19(28)18-15-7-24-8-17(15)25-26-18;15-14(16,17)13-4-2-1-3-12(13)9-5-10-7-18-8-11(10)6-9;1-10(2,3)15-9(14)13-5-7-4-11-12-8(7)6-13;2-1-3;;;;/h4-7,14-16H,8-13H2,1-3H3,(H,29,30);1-4,11-13,24H,5-10H2,(H,25,26);1-4,9-11,18H,5-8H2;4H,5-6H2,1-3H3,(H,11,12);;1H4;3*1H/t14?,15-,16+;11?,12-,13+;9?,10-,11+;;;;;;. The monoisotopic (exact) mass is 1480 g/mol. The van der Waals surface area contributed by atoms with Gasteiger partial charge in [0.1, 0.15) is 11.2 Å². The van der Waals surface area contributed by atoms with E-state index in [1.807, 2.05) is 25.7 Å². The van der Waals surface area contributed by atoms with Crippen LogP contribution in [0.5, 0.6) is 0 Å². The number of nitrogens with one attached hydrogen (secondary N) is 5. The van der Waals surface area contributed by atoms with Crippen LogP contribution >= 0.6 is 24.8 Å². The molecule has 558 valence electrons.